The number of carbonyl (C=O) groups excluding carboxylic acids is 1. The number of nitrogens with zero attached hydrogens (tertiary/aromatic N) is 2. The lowest BCUT2D eigenvalue weighted by molar-refractivity contribution is -0.137. The van der Waals surface area contributed by atoms with Crippen LogP contribution >= 0.6 is 0 Å². The van der Waals surface area contributed by atoms with Gasteiger partial charge < -0.3 is 14.4 Å². The highest BCUT2D eigenvalue weighted by Gasteiger charge is 2.43. The molecule has 2 fully saturated rings. The van der Waals surface area contributed by atoms with Gasteiger partial charge in [0.1, 0.15) is 0 Å². The fourth-order valence-electron chi connectivity index (χ4n) is 4.42. The molecular weight excluding hydrogens is 328 g/mol. The minimum Gasteiger partial charge on any atom is -0.375 e. The summed E-state index contributed by atoms with van der Waals surface area (Å²) >= 11 is 0. The van der Waals surface area contributed by atoms with E-state index in [0.29, 0.717) is 19.1 Å². The average molecular weight is 356 g/mol. The molecule has 3 heterocycles. The number of pyridine rings is 1. The summed E-state index contributed by atoms with van der Waals surface area (Å²) in [6.45, 7) is 3.81. The van der Waals surface area contributed by atoms with Crippen LogP contribution in [0.2, 0.25) is 0 Å². The first-order valence-corrected chi connectivity index (χ1v) is 9.76. The van der Waals surface area contributed by atoms with Gasteiger partial charge in [-0.05, 0) is 55.2 Å². The van der Waals surface area contributed by atoms with E-state index in [0.717, 1.165) is 57.4 Å². The Morgan fingerprint density at radius 3 is 2.69 bits per heavy atom. The topological polar surface area (TPSA) is 51.7 Å². The van der Waals surface area contributed by atoms with E-state index in [1.165, 1.54) is 0 Å². The second-order valence-corrected chi connectivity index (χ2v) is 7.97. The Balaban J connectivity index is 1.21. The normalized spacial score (nSPS) is 25.2. The Bertz CT molecular complexity index is 630. The van der Waals surface area contributed by atoms with Gasteiger partial charge in [-0.1, -0.05) is 12.2 Å². The van der Waals surface area contributed by atoms with Gasteiger partial charge in [-0.2, -0.15) is 0 Å². The zero-order valence-electron chi connectivity index (χ0n) is 15.3. The Labute approximate surface area is 155 Å². The zero-order chi connectivity index (χ0) is 17.8. The van der Waals surface area contributed by atoms with Gasteiger partial charge in [0.15, 0.2) is 0 Å². The number of amides is 1. The molecule has 2 aliphatic heterocycles. The van der Waals surface area contributed by atoms with Crippen molar-refractivity contribution in [3.63, 3.8) is 0 Å². The van der Waals surface area contributed by atoms with Gasteiger partial charge >= 0.3 is 0 Å². The molecule has 1 aromatic rings. The molecule has 1 aliphatic carbocycles. The van der Waals surface area contributed by atoms with Crippen molar-refractivity contribution in [2.24, 2.45) is 11.3 Å². The lowest BCUT2D eigenvalue weighted by Gasteiger charge is -2.39. The summed E-state index contributed by atoms with van der Waals surface area (Å²) in [6.07, 6.45) is 13.0. The van der Waals surface area contributed by atoms with Gasteiger partial charge in [0, 0.05) is 31.4 Å². The fraction of sp³-hybridized carbons (Fsp3) is 0.619. The van der Waals surface area contributed by atoms with Crippen molar-refractivity contribution in [1.82, 2.24) is 9.88 Å². The van der Waals surface area contributed by atoms with Crippen molar-refractivity contribution in [2.75, 3.05) is 26.3 Å². The molecule has 3 aliphatic rings. The van der Waals surface area contributed by atoms with Crippen LogP contribution in [0, 0.1) is 11.3 Å². The van der Waals surface area contributed by atoms with Gasteiger partial charge in [0.25, 0.3) is 0 Å². The third-order valence-corrected chi connectivity index (χ3v) is 6.10. The van der Waals surface area contributed by atoms with Crippen molar-refractivity contribution in [1.29, 1.82) is 0 Å². The molecular formula is C21H28N2O3. The van der Waals surface area contributed by atoms with E-state index in [-0.39, 0.29) is 17.4 Å². The van der Waals surface area contributed by atoms with Crippen LogP contribution in [0.25, 0.3) is 0 Å². The van der Waals surface area contributed by atoms with Crippen molar-refractivity contribution in [3.8, 4) is 0 Å². The molecule has 4 rings (SSSR count). The molecule has 1 atom stereocenters. The molecule has 1 aromatic heterocycles. The number of carbonyl (C=O) groups is 1. The van der Waals surface area contributed by atoms with Crippen LogP contribution in [-0.4, -0.2) is 48.2 Å². The zero-order valence-corrected chi connectivity index (χ0v) is 15.3. The average Bonchev–Trinajstić information content (AvgIpc) is 3.34. The molecule has 0 bridgehead atoms. The smallest absolute Gasteiger partial charge is 0.226 e. The maximum Gasteiger partial charge on any atom is 0.226 e. The molecule has 0 saturated carbocycles. The fourth-order valence-corrected chi connectivity index (χ4v) is 4.42. The monoisotopic (exact) mass is 356 g/mol. The quantitative estimate of drug-likeness (QED) is 0.761. The summed E-state index contributed by atoms with van der Waals surface area (Å²) in [5.74, 6) is 0.541. The summed E-state index contributed by atoms with van der Waals surface area (Å²) < 4.78 is 11.9. The third-order valence-electron chi connectivity index (χ3n) is 6.10. The minimum absolute atomic E-state index is 0.179. The Morgan fingerprint density at radius 1 is 1.23 bits per heavy atom. The van der Waals surface area contributed by atoms with E-state index in [1.807, 2.05) is 12.1 Å². The summed E-state index contributed by atoms with van der Waals surface area (Å²) in [5.41, 5.74) is 1.39. The molecule has 5 nitrogen and oxygen atoms in total. The highest BCUT2D eigenvalue weighted by molar-refractivity contribution is 5.79. The molecule has 140 valence electrons. The van der Waals surface area contributed by atoms with Crippen LogP contribution < -0.4 is 0 Å². The predicted molar refractivity (Wildman–Crippen MR) is 98.4 cm³/mol. The SMILES string of the molecule is O=C(C1CC=CC1)N1CCC2(CC1)CO[C@@H](COCc1ccncc1)C2. The molecule has 1 amide bonds. The third kappa shape index (κ3) is 3.99. The Hall–Kier alpha value is -1.72. The van der Waals surface area contributed by atoms with Crippen molar-refractivity contribution < 1.29 is 14.3 Å². The maximum absolute atomic E-state index is 12.6. The highest BCUT2D eigenvalue weighted by atomic mass is 16.5. The standard InChI is InChI=1S/C21H28N2O3/c24-20(18-3-1-2-4-18)23-11-7-21(8-12-23)13-19(26-16-21)15-25-14-17-5-9-22-10-6-17/h1-2,5-6,9-10,18-19H,3-4,7-8,11-16H2/t19-/m1/s1. The van der Waals surface area contributed by atoms with Gasteiger partial charge in [-0.15, -0.1) is 0 Å². The number of piperidine rings is 1. The molecule has 0 aromatic carbocycles. The van der Waals surface area contributed by atoms with E-state index < -0.39 is 0 Å². The van der Waals surface area contributed by atoms with Crippen LogP contribution in [0.3, 0.4) is 0 Å². The van der Waals surface area contributed by atoms with Crippen LogP contribution in [0.15, 0.2) is 36.7 Å². The molecule has 26 heavy (non-hydrogen) atoms. The second-order valence-electron chi connectivity index (χ2n) is 7.97. The van der Waals surface area contributed by atoms with E-state index in [9.17, 15) is 4.79 Å². The van der Waals surface area contributed by atoms with Crippen LogP contribution in [0.4, 0.5) is 0 Å². The summed E-state index contributed by atoms with van der Waals surface area (Å²) in [7, 11) is 0. The van der Waals surface area contributed by atoms with Crippen molar-refractivity contribution in [2.45, 2.75) is 44.8 Å². The van der Waals surface area contributed by atoms with Gasteiger partial charge in [0.05, 0.1) is 25.9 Å². The van der Waals surface area contributed by atoms with Gasteiger partial charge in [-0.3, -0.25) is 9.78 Å². The Kier molecular flexibility index (Phi) is 5.36. The molecule has 5 heteroatoms. The van der Waals surface area contributed by atoms with E-state index in [4.69, 9.17) is 9.47 Å². The number of likely N-dealkylation sites (tertiary alicyclic amines) is 1. The first-order chi connectivity index (χ1) is 12.7. The van der Waals surface area contributed by atoms with Crippen LogP contribution in [-0.2, 0) is 20.9 Å². The summed E-state index contributed by atoms with van der Waals surface area (Å²) in [6, 6.07) is 3.95. The van der Waals surface area contributed by atoms with Crippen molar-refractivity contribution in [3.05, 3.63) is 42.2 Å². The van der Waals surface area contributed by atoms with E-state index in [1.54, 1.807) is 12.4 Å². The summed E-state index contributed by atoms with van der Waals surface area (Å²) in [5, 5.41) is 0. The molecule has 0 N–H and O–H groups in total. The van der Waals surface area contributed by atoms with Crippen molar-refractivity contribution >= 4 is 5.91 Å². The number of aromatic nitrogens is 1. The predicted octanol–water partition coefficient (Wildman–Crippen LogP) is 2.96. The number of ether oxygens (including phenoxy) is 2. The molecule has 1 spiro atoms. The number of allylic oxidation sites excluding steroid dienone is 2. The Morgan fingerprint density at radius 2 is 1.96 bits per heavy atom. The number of hydrogen-bond acceptors (Lipinski definition) is 4. The number of hydrogen-bond donors (Lipinski definition) is 0. The second kappa shape index (κ2) is 7.89. The summed E-state index contributed by atoms with van der Waals surface area (Å²) in [4.78, 5) is 18.7. The van der Waals surface area contributed by atoms with E-state index >= 15 is 0 Å². The first-order valence-electron chi connectivity index (χ1n) is 9.76. The lowest BCUT2D eigenvalue weighted by atomic mass is 9.76. The van der Waals surface area contributed by atoms with Crippen LogP contribution in [0.1, 0.15) is 37.7 Å². The maximum atomic E-state index is 12.6. The van der Waals surface area contributed by atoms with Gasteiger partial charge in [-0.25, -0.2) is 0 Å². The highest BCUT2D eigenvalue weighted by Crippen LogP contribution is 2.42. The first kappa shape index (κ1) is 17.7. The van der Waals surface area contributed by atoms with Gasteiger partial charge in [0.2, 0.25) is 5.91 Å². The molecule has 2 saturated heterocycles. The minimum atomic E-state index is 0.179. The van der Waals surface area contributed by atoms with E-state index in [2.05, 4.69) is 22.0 Å². The largest absolute Gasteiger partial charge is 0.375 e. The van der Waals surface area contributed by atoms with Crippen LogP contribution in [0.5, 0.6) is 0 Å². The molecule has 0 unspecified atom stereocenters. The lowest BCUT2D eigenvalue weighted by Crippen LogP contribution is -2.45. The molecule has 0 radical (unpaired) electrons. The number of rotatable bonds is 5.